The molecule has 1 amide bonds. The molecule has 0 aliphatic carbocycles. The molecule has 374 valence electrons. The molecule has 0 saturated heterocycles. The maximum absolute atomic E-state index is 12.5. The number of nitrogens with one attached hydrogen (secondary N) is 1. The number of hydrogen-bond donors (Lipinski definition) is 3. The van der Waals surface area contributed by atoms with Gasteiger partial charge in [0.25, 0.3) is 0 Å². The molecule has 6 nitrogen and oxygen atoms in total. The highest BCUT2D eigenvalue weighted by Crippen LogP contribution is 2.17. The van der Waals surface area contributed by atoms with Crippen molar-refractivity contribution in [3.05, 3.63) is 12.2 Å². The number of aliphatic hydroxyl groups excluding tert-OH is 2. The second-order valence-corrected chi connectivity index (χ2v) is 19.6. The fourth-order valence-electron chi connectivity index (χ4n) is 8.93. The highest BCUT2D eigenvalue weighted by molar-refractivity contribution is 5.76. The van der Waals surface area contributed by atoms with Crippen molar-refractivity contribution < 1.29 is 24.5 Å². The van der Waals surface area contributed by atoms with Crippen LogP contribution < -0.4 is 5.32 Å². The molecule has 0 heterocycles. The summed E-state index contributed by atoms with van der Waals surface area (Å²) in [6, 6.07) is -0.637. The van der Waals surface area contributed by atoms with E-state index >= 15 is 0 Å². The van der Waals surface area contributed by atoms with E-state index in [0.29, 0.717) is 19.4 Å². The predicted molar refractivity (Wildman–Crippen MR) is 273 cm³/mol. The van der Waals surface area contributed by atoms with Crippen LogP contribution in [0.4, 0.5) is 0 Å². The Labute approximate surface area is 393 Å². The molecule has 63 heavy (non-hydrogen) atoms. The van der Waals surface area contributed by atoms with Crippen LogP contribution in [-0.4, -0.2) is 47.4 Å². The second-order valence-electron chi connectivity index (χ2n) is 19.6. The lowest BCUT2D eigenvalue weighted by Crippen LogP contribution is -2.45. The average molecular weight is 891 g/mol. The zero-order valence-electron chi connectivity index (χ0n) is 42.6. The van der Waals surface area contributed by atoms with Crippen molar-refractivity contribution >= 4 is 11.9 Å². The summed E-state index contributed by atoms with van der Waals surface area (Å²) < 4.78 is 5.46. The third-order valence-electron chi connectivity index (χ3n) is 13.3. The van der Waals surface area contributed by atoms with Gasteiger partial charge in [-0.05, 0) is 32.1 Å². The van der Waals surface area contributed by atoms with Gasteiger partial charge in [0.2, 0.25) is 5.91 Å². The van der Waals surface area contributed by atoms with Gasteiger partial charge in [0, 0.05) is 12.8 Å². The normalized spacial score (nSPS) is 12.6. The van der Waals surface area contributed by atoms with Crippen molar-refractivity contribution in [3.63, 3.8) is 0 Å². The van der Waals surface area contributed by atoms with Gasteiger partial charge in [-0.15, -0.1) is 0 Å². The maximum atomic E-state index is 12.5. The van der Waals surface area contributed by atoms with Crippen LogP contribution in [-0.2, 0) is 14.3 Å². The molecule has 0 aromatic heterocycles. The van der Waals surface area contributed by atoms with Crippen LogP contribution in [0.5, 0.6) is 0 Å². The van der Waals surface area contributed by atoms with E-state index in [4.69, 9.17) is 4.74 Å². The van der Waals surface area contributed by atoms with E-state index in [1.165, 1.54) is 231 Å². The summed E-state index contributed by atoms with van der Waals surface area (Å²) in [6.07, 6.45) is 62.2. The van der Waals surface area contributed by atoms with Crippen LogP contribution in [0.3, 0.4) is 0 Å². The number of aliphatic hydroxyl groups is 2. The number of allylic oxidation sites excluding steroid dienone is 1. The van der Waals surface area contributed by atoms with Crippen LogP contribution in [0.25, 0.3) is 0 Å². The third kappa shape index (κ3) is 49.9. The van der Waals surface area contributed by atoms with Gasteiger partial charge in [0.1, 0.15) is 0 Å². The number of esters is 1. The quantitative estimate of drug-likeness (QED) is 0.0321. The average Bonchev–Trinajstić information content (AvgIpc) is 3.28. The lowest BCUT2D eigenvalue weighted by atomic mass is 10.0. The van der Waals surface area contributed by atoms with Crippen molar-refractivity contribution in [2.45, 2.75) is 328 Å². The van der Waals surface area contributed by atoms with E-state index in [-0.39, 0.29) is 18.5 Å². The van der Waals surface area contributed by atoms with Crippen molar-refractivity contribution in [2.24, 2.45) is 0 Å². The number of amides is 1. The first-order chi connectivity index (χ1) is 31.0. The van der Waals surface area contributed by atoms with Gasteiger partial charge in [-0.25, -0.2) is 0 Å². The number of carbonyl (C=O) groups excluding carboxylic acids is 2. The first kappa shape index (κ1) is 61.6. The second kappa shape index (κ2) is 53.2. The van der Waals surface area contributed by atoms with Crippen LogP contribution in [0.15, 0.2) is 12.2 Å². The van der Waals surface area contributed by atoms with Crippen LogP contribution >= 0.6 is 0 Å². The zero-order valence-corrected chi connectivity index (χ0v) is 42.6. The Morgan fingerprint density at radius 1 is 0.429 bits per heavy atom. The van der Waals surface area contributed by atoms with Gasteiger partial charge in [-0.3, -0.25) is 9.59 Å². The topological polar surface area (TPSA) is 95.9 Å². The first-order valence-corrected chi connectivity index (χ1v) is 28.5. The molecular weight excluding hydrogens is 779 g/mol. The minimum Gasteiger partial charge on any atom is -0.466 e. The predicted octanol–water partition coefficient (Wildman–Crippen LogP) is 17.3. The van der Waals surface area contributed by atoms with Gasteiger partial charge in [0.15, 0.2) is 0 Å². The molecular formula is C57H111NO5. The summed E-state index contributed by atoms with van der Waals surface area (Å²) in [7, 11) is 0. The third-order valence-corrected chi connectivity index (χ3v) is 13.3. The Hall–Kier alpha value is -1.40. The number of ether oxygens (including phenoxy) is 1. The van der Waals surface area contributed by atoms with Gasteiger partial charge in [-0.1, -0.05) is 283 Å². The van der Waals surface area contributed by atoms with Crippen LogP contribution in [0.2, 0.25) is 0 Å². The molecule has 3 N–H and O–H groups in total. The molecule has 0 aliphatic heterocycles. The van der Waals surface area contributed by atoms with Crippen molar-refractivity contribution in [1.29, 1.82) is 0 Å². The van der Waals surface area contributed by atoms with Gasteiger partial charge in [0.05, 0.1) is 25.4 Å². The molecule has 0 bridgehead atoms. The fourth-order valence-corrected chi connectivity index (χ4v) is 8.93. The van der Waals surface area contributed by atoms with Crippen LogP contribution in [0.1, 0.15) is 316 Å². The summed E-state index contributed by atoms with van der Waals surface area (Å²) in [5, 5.41) is 23.2. The van der Waals surface area contributed by atoms with E-state index in [0.717, 1.165) is 57.8 Å². The summed E-state index contributed by atoms with van der Waals surface area (Å²) >= 11 is 0. The van der Waals surface area contributed by atoms with E-state index in [9.17, 15) is 19.8 Å². The minimum atomic E-state index is -0.852. The monoisotopic (exact) mass is 890 g/mol. The molecule has 0 rings (SSSR count). The smallest absolute Gasteiger partial charge is 0.305 e. The molecule has 0 radical (unpaired) electrons. The van der Waals surface area contributed by atoms with Gasteiger partial charge < -0.3 is 20.3 Å². The number of rotatable bonds is 53. The summed E-state index contributed by atoms with van der Waals surface area (Å²) in [5.74, 6) is -0.0829. The lowest BCUT2D eigenvalue weighted by molar-refractivity contribution is -0.143. The zero-order chi connectivity index (χ0) is 45.8. The molecule has 6 heteroatoms. The SMILES string of the molecule is CCCCCCCCCCCCCCCCCCCCC/C=C/C(O)C(CO)NC(=O)CCCCCCCCCCCCCCCOC(=O)CCCCCCCCCCCCCC. The molecule has 0 aliphatic rings. The Kier molecular flexibility index (Phi) is 52.0. The highest BCUT2D eigenvalue weighted by Gasteiger charge is 2.18. The standard InChI is InChI=1S/C57H111NO5/c1-3-5-7-9-11-13-15-17-18-19-20-21-22-23-24-26-29-33-37-41-45-49-55(60)54(53-59)58-56(61)50-46-42-38-34-30-27-25-28-32-36-40-44-48-52-63-57(62)51-47-43-39-35-31-16-14-12-10-8-6-4-2/h45,49,54-55,59-60H,3-44,46-48,50-53H2,1-2H3,(H,58,61)/b49-45+. The Bertz CT molecular complexity index is 939. The number of carbonyl (C=O) groups is 2. The molecule has 2 atom stereocenters. The van der Waals surface area contributed by atoms with E-state index in [1.54, 1.807) is 6.08 Å². The molecule has 2 unspecified atom stereocenters. The summed E-state index contributed by atoms with van der Waals surface area (Å²) in [5.41, 5.74) is 0. The van der Waals surface area contributed by atoms with Crippen molar-refractivity contribution in [3.8, 4) is 0 Å². The molecule has 0 aromatic rings. The Morgan fingerprint density at radius 3 is 1.08 bits per heavy atom. The van der Waals surface area contributed by atoms with Gasteiger partial charge >= 0.3 is 5.97 Å². The Morgan fingerprint density at radius 2 is 0.730 bits per heavy atom. The van der Waals surface area contributed by atoms with Crippen LogP contribution in [0, 0.1) is 0 Å². The number of unbranched alkanes of at least 4 members (excludes halogenated alkanes) is 42. The molecule has 0 saturated carbocycles. The minimum absolute atomic E-state index is 0.00543. The molecule has 0 spiro atoms. The van der Waals surface area contributed by atoms with E-state index in [1.807, 2.05) is 6.08 Å². The molecule has 0 fully saturated rings. The lowest BCUT2D eigenvalue weighted by Gasteiger charge is -2.20. The fraction of sp³-hybridized carbons (Fsp3) is 0.930. The van der Waals surface area contributed by atoms with Crippen molar-refractivity contribution in [2.75, 3.05) is 13.2 Å². The van der Waals surface area contributed by atoms with Gasteiger partial charge in [-0.2, -0.15) is 0 Å². The maximum Gasteiger partial charge on any atom is 0.305 e. The summed E-state index contributed by atoms with van der Waals surface area (Å²) in [6.45, 7) is 4.90. The molecule has 0 aromatic carbocycles. The highest BCUT2D eigenvalue weighted by atomic mass is 16.5. The first-order valence-electron chi connectivity index (χ1n) is 28.5. The summed E-state index contributed by atoms with van der Waals surface area (Å²) in [4.78, 5) is 24.5. The van der Waals surface area contributed by atoms with E-state index < -0.39 is 12.1 Å². The Balaban J connectivity index is 3.48. The largest absolute Gasteiger partial charge is 0.466 e. The van der Waals surface area contributed by atoms with E-state index in [2.05, 4.69) is 19.2 Å². The van der Waals surface area contributed by atoms with Crippen molar-refractivity contribution in [1.82, 2.24) is 5.32 Å². The number of hydrogen-bond acceptors (Lipinski definition) is 5.